The summed E-state index contributed by atoms with van der Waals surface area (Å²) in [5.74, 6) is -0.173. The van der Waals surface area contributed by atoms with Crippen molar-refractivity contribution in [1.29, 1.82) is 0 Å². The number of carbonyl (C=O) groups is 1. The van der Waals surface area contributed by atoms with Gasteiger partial charge in [-0.05, 0) is 38.4 Å². The van der Waals surface area contributed by atoms with Crippen LogP contribution in [0.4, 0.5) is 0 Å². The number of ketones is 1. The number of furan rings is 1. The van der Waals surface area contributed by atoms with Gasteiger partial charge >= 0.3 is 7.60 Å². The Balaban J connectivity index is 3.41. The molecule has 1 aromatic rings. The maximum absolute atomic E-state index is 12.9. The number of hydrogen-bond acceptors (Lipinski definition) is 6. The lowest BCUT2D eigenvalue weighted by Gasteiger charge is -2.19. The van der Waals surface area contributed by atoms with E-state index in [9.17, 15) is 9.36 Å². The van der Waals surface area contributed by atoms with Gasteiger partial charge in [-0.2, -0.15) is 0 Å². The van der Waals surface area contributed by atoms with E-state index < -0.39 is 7.60 Å². The quantitative estimate of drug-likeness (QED) is 0.221. The molecule has 0 aliphatic rings. The number of nitrogens with zero attached hydrogens (tertiary/aromatic N) is 3. The lowest BCUT2D eigenvalue weighted by atomic mass is 10.2. The van der Waals surface area contributed by atoms with Crippen LogP contribution >= 0.6 is 7.60 Å². The van der Waals surface area contributed by atoms with Crippen molar-refractivity contribution in [3.05, 3.63) is 40.2 Å². The molecule has 0 N–H and O–H groups in total. The van der Waals surface area contributed by atoms with Crippen LogP contribution in [0.5, 0.6) is 0 Å². The molecule has 9 heteroatoms. The van der Waals surface area contributed by atoms with Crippen LogP contribution in [0.25, 0.3) is 15.8 Å². The van der Waals surface area contributed by atoms with E-state index in [0.29, 0.717) is 5.56 Å². The lowest BCUT2D eigenvalue weighted by molar-refractivity contribution is -0.112. The highest BCUT2D eigenvalue weighted by molar-refractivity contribution is 7.65. The largest absolute Gasteiger partial charge is 0.464 e. The van der Waals surface area contributed by atoms with Crippen molar-refractivity contribution in [2.75, 3.05) is 13.2 Å². The molecule has 0 saturated heterocycles. The van der Waals surface area contributed by atoms with E-state index in [1.807, 2.05) is 0 Å². The Kier molecular flexibility index (Phi) is 7.08. The van der Waals surface area contributed by atoms with Gasteiger partial charge in [0.2, 0.25) is 0 Å². The van der Waals surface area contributed by atoms with Gasteiger partial charge in [0.25, 0.3) is 0 Å². The molecule has 1 heterocycles. The zero-order valence-electron chi connectivity index (χ0n) is 12.7. The summed E-state index contributed by atoms with van der Waals surface area (Å²) in [5.41, 5.74) is 8.91. The van der Waals surface area contributed by atoms with E-state index in [4.69, 9.17) is 19.0 Å². The van der Waals surface area contributed by atoms with E-state index in [1.54, 1.807) is 19.9 Å². The fraction of sp³-hybridized carbons (Fsp3) is 0.462. The smallest absolute Gasteiger partial charge is 0.365 e. The van der Waals surface area contributed by atoms with E-state index >= 15 is 0 Å². The summed E-state index contributed by atoms with van der Waals surface area (Å²) < 4.78 is 28.8. The van der Waals surface area contributed by atoms with Crippen LogP contribution in [0.1, 0.15) is 32.1 Å². The molecule has 0 bridgehead atoms. The average molecular weight is 327 g/mol. The van der Waals surface area contributed by atoms with E-state index in [-0.39, 0.29) is 36.6 Å². The van der Waals surface area contributed by atoms with Crippen LogP contribution < -0.4 is 0 Å². The Labute approximate surface area is 128 Å². The fourth-order valence-electron chi connectivity index (χ4n) is 1.77. The van der Waals surface area contributed by atoms with Gasteiger partial charge in [0.15, 0.2) is 5.78 Å². The van der Waals surface area contributed by atoms with Crippen LogP contribution in [0.3, 0.4) is 0 Å². The predicted molar refractivity (Wildman–Crippen MR) is 81.1 cm³/mol. The van der Waals surface area contributed by atoms with Crippen LogP contribution in [-0.2, 0) is 25.0 Å². The molecule has 0 radical (unpaired) electrons. The minimum Gasteiger partial charge on any atom is -0.464 e. The summed E-state index contributed by atoms with van der Waals surface area (Å²) in [4.78, 5) is 14.2. The van der Waals surface area contributed by atoms with Gasteiger partial charge < -0.3 is 13.5 Å². The SMILES string of the molecule is CCOP(=O)(OCC)C(=CC(C)=O)c1occc1CN=[N+]=[N-]. The Morgan fingerprint density at radius 2 is 2.09 bits per heavy atom. The molecule has 0 atom stereocenters. The summed E-state index contributed by atoms with van der Waals surface area (Å²) in [7, 11) is -3.72. The number of hydrogen-bond donors (Lipinski definition) is 0. The third-order valence-electron chi connectivity index (χ3n) is 2.52. The normalized spacial score (nSPS) is 12.0. The Hall–Kier alpha value is -1.85. The second kappa shape index (κ2) is 8.56. The van der Waals surface area contributed by atoms with Crippen LogP contribution in [-0.4, -0.2) is 19.0 Å². The van der Waals surface area contributed by atoms with Crippen molar-refractivity contribution >= 4 is 18.7 Å². The molecule has 120 valence electrons. The summed E-state index contributed by atoms with van der Waals surface area (Å²) in [6.45, 7) is 4.92. The topological polar surface area (TPSA) is 115 Å². The molecule has 0 saturated carbocycles. The molecule has 0 spiro atoms. The van der Waals surface area contributed by atoms with E-state index in [0.717, 1.165) is 6.08 Å². The van der Waals surface area contributed by atoms with Gasteiger partial charge in [0.05, 0.1) is 26.0 Å². The highest BCUT2D eigenvalue weighted by Gasteiger charge is 2.34. The Morgan fingerprint density at radius 3 is 2.59 bits per heavy atom. The molecular weight excluding hydrogens is 309 g/mol. The summed E-state index contributed by atoms with van der Waals surface area (Å²) in [5, 5.41) is 3.47. The standard InChI is InChI=1S/C13H18N3O5P/c1-4-20-22(18,21-5-2)12(8-10(3)17)13-11(6-7-19-13)9-15-16-14/h6-8H,4-5,9H2,1-3H3. The number of carbonyl (C=O) groups excluding carboxylic acids is 1. The fourth-order valence-corrected chi connectivity index (χ4v) is 3.59. The van der Waals surface area contributed by atoms with Gasteiger partial charge in [-0.25, -0.2) is 0 Å². The lowest BCUT2D eigenvalue weighted by Crippen LogP contribution is -2.01. The molecule has 0 aliphatic heterocycles. The zero-order valence-corrected chi connectivity index (χ0v) is 13.6. The second-order valence-electron chi connectivity index (χ2n) is 4.14. The third kappa shape index (κ3) is 4.58. The van der Waals surface area contributed by atoms with Gasteiger partial charge in [0.1, 0.15) is 11.1 Å². The Morgan fingerprint density at radius 1 is 1.45 bits per heavy atom. The summed E-state index contributed by atoms with van der Waals surface area (Å²) in [6.07, 6.45) is 2.51. The van der Waals surface area contributed by atoms with E-state index in [1.165, 1.54) is 13.2 Å². The van der Waals surface area contributed by atoms with E-state index in [2.05, 4.69) is 10.0 Å². The van der Waals surface area contributed by atoms with Gasteiger partial charge in [-0.1, -0.05) is 5.11 Å². The van der Waals surface area contributed by atoms with Gasteiger partial charge in [0, 0.05) is 10.5 Å². The minimum absolute atomic E-state index is 0.00414. The first-order chi connectivity index (χ1) is 10.5. The maximum atomic E-state index is 12.9. The van der Waals surface area contributed by atoms with Crippen molar-refractivity contribution in [1.82, 2.24) is 0 Å². The second-order valence-corrected chi connectivity index (χ2v) is 6.13. The highest BCUT2D eigenvalue weighted by atomic mass is 31.2. The molecule has 22 heavy (non-hydrogen) atoms. The molecular formula is C13H18N3O5P. The third-order valence-corrected chi connectivity index (χ3v) is 4.64. The molecule has 0 fully saturated rings. The molecule has 0 amide bonds. The molecule has 0 aliphatic carbocycles. The maximum Gasteiger partial charge on any atom is 0.365 e. The van der Waals surface area contributed by atoms with Crippen LogP contribution in [0.2, 0.25) is 0 Å². The number of allylic oxidation sites excluding steroid dienone is 1. The molecule has 0 aromatic carbocycles. The predicted octanol–water partition coefficient (Wildman–Crippen LogP) is 4.29. The number of azide groups is 1. The Bertz CT molecular complexity index is 636. The summed E-state index contributed by atoms with van der Waals surface area (Å²) in [6, 6.07) is 1.57. The van der Waals surface area contributed by atoms with Crippen molar-refractivity contribution in [3.63, 3.8) is 0 Å². The van der Waals surface area contributed by atoms with Gasteiger partial charge in [-0.15, -0.1) is 0 Å². The molecule has 1 rings (SSSR count). The van der Waals surface area contributed by atoms with Crippen molar-refractivity contribution in [2.45, 2.75) is 27.3 Å². The average Bonchev–Trinajstić information content (AvgIpc) is 2.90. The van der Waals surface area contributed by atoms with Crippen molar-refractivity contribution < 1.29 is 22.8 Å². The molecule has 1 aromatic heterocycles. The van der Waals surface area contributed by atoms with Crippen molar-refractivity contribution in [3.8, 4) is 0 Å². The molecule has 8 nitrogen and oxygen atoms in total. The first-order valence-electron chi connectivity index (χ1n) is 6.68. The highest BCUT2D eigenvalue weighted by Crippen LogP contribution is 2.61. The minimum atomic E-state index is -3.72. The first-order valence-corrected chi connectivity index (χ1v) is 8.22. The number of rotatable bonds is 9. The molecule has 0 unspecified atom stereocenters. The van der Waals surface area contributed by atoms with Gasteiger partial charge in [-0.3, -0.25) is 9.36 Å². The monoisotopic (exact) mass is 327 g/mol. The zero-order chi connectivity index (χ0) is 16.6. The van der Waals surface area contributed by atoms with Crippen molar-refractivity contribution in [2.24, 2.45) is 5.11 Å². The first kappa shape index (κ1) is 18.2. The van der Waals surface area contributed by atoms with Crippen LogP contribution in [0.15, 0.2) is 27.9 Å². The van der Waals surface area contributed by atoms with Crippen LogP contribution in [0, 0.1) is 0 Å². The summed E-state index contributed by atoms with van der Waals surface area (Å²) >= 11 is 0.